The molecule has 1 N–H and O–H groups in total. The number of nitrogens with zero attached hydrogens (tertiary/aromatic N) is 1. The Morgan fingerprint density at radius 2 is 2.26 bits per heavy atom. The third kappa shape index (κ3) is 3.08. The quantitative estimate of drug-likeness (QED) is 0.921. The van der Waals surface area contributed by atoms with E-state index in [1.165, 1.54) is 10.4 Å². The second-order valence-corrected chi connectivity index (χ2v) is 7.00. The van der Waals surface area contributed by atoms with Crippen LogP contribution in [0, 0.1) is 11.7 Å². The Bertz CT molecular complexity index is 565. The molecule has 1 aliphatic rings. The molecule has 1 saturated heterocycles. The van der Waals surface area contributed by atoms with E-state index in [1.807, 2.05) is 7.05 Å². The van der Waals surface area contributed by atoms with Gasteiger partial charge in [-0.15, -0.1) is 0 Å². The Kier molecular flexibility index (Phi) is 4.45. The minimum atomic E-state index is -3.57. The van der Waals surface area contributed by atoms with Gasteiger partial charge in [-0.3, -0.25) is 0 Å². The van der Waals surface area contributed by atoms with Crippen LogP contribution in [0.2, 0.25) is 5.02 Å². The molecule has 7 heteroatoms. The summed E-state index contributed by atoms with van der Waals surface area (Å²) in [5, 5.41) is 2.87. The molecule has 0 aliphatic carbocycles. The van der Waals surface area contributed by atoms with Gasteiger partial charge in [0.1, 0.15) is 5.82 Å². The molecule has 1 aliphatic heterocycles. The molecule has 0 amide bonds. The summed E-state index contributed by atoms with van der Waals surface area (Å²) < 4.78 is 39.3. The maximum atomic E-state index is 13.1. The molecule has 0 saturated carbocycles. The lowest BCUT2D eigenvalue weighted by molar-refractivity contribution is 0.451. The SMILES string of the molecule is CNC[C@@H]1CCN(S(=O)(=O)c2ccc(F)c(Cl)c2)C1. The summed E-state index contributed by atoms with van der Waals surface area (Å²) in [5.74, 6) is -0.300. The summed E-state index contributed by atoms with van der Waals surface area (Å²) in [6.45, 7) is 1.76. The Hall–Kier alpha value is -0.690. The molecule has 19 heavy (non-hydrogen) atoms. The van der Waals surface area contributed by atoms with Crippen molar-refractivity contribution in [1.82, 2.24) is 9.62 Å². The highest BCUT2D eigenvalue weighted by molar-refractivity contribution is 7.89. The van der Waals surface area contributed by atoms with E-state index in [1.54, 1.807) is 0 Å². The van der Waals surface area contributed by atoms with Crippen LogP contribution in [0.25, 0.3) is 0 Å². The molecular formula is C12H16ClFN2O2S. The van der Waals surface area contributed by atoms with Crippen LogP contribution < -0.4 is 5.32 Å². The van der Waals surface area contributed by atoms with E-state index >= 15 is 0 Å². The zero-order valence-electron chi connectivity index (χ0n) is 10.6. The van der Waals surface area contributed by atoms with E-state index in [2.05, 4.69) is 5.32 Å². The van der Waals surface area contributed by atoms with E-state index in [9.17, 15) is 12.8 Å². The zero-order chi connectivity index (χ0) is 14.0. The van der Waals surface area contributed by atoms with Crippen LogP contribution in [0.4, 0.5) is 4.39 Å². The lowest BCUT2D eigenvalue weighted by atomic mass is 10.1. The predicted octanol–water partition coefficient (Wildman–Crippen LogP) is 1.71. The van der Waals surface area contributed by atoms with Gasteiger partial charge in [0, 0.05) is 13.1 Å². The summed E-state index contributed by atoms with van der Waals surface area (Å²) in [4.78, 5) is 0.0454. The van der Waals surface area contributed by atoms with Gasteiger partial charge >= 0.3 is 0 Å². The lowest BCUT2D eigenvalue weighted by Crippen LogP contribution is -2.30. The fourth-order valence-electron chi connectivity index (χ4n) is 2.26. The van der Waals surface area contributed by atoms with E-state index in [0.717, 1.165) is 25.1 Å². The Morgan fingerprint density at radius 1 is 1.53 bits per heavy atom. The van der Waals surface area contributed by atoms with Crippen molar-refractivity contribution in [1.29, 1.82) is 0 Å². The largest absolute Gasteiger partial charge is 0.319 e. The normalized spacial score (nSPS) is 20.9. The molecule has 0 spiro atoms. The van der Waals surface area contributed by atoms with Gasteiger partial charge in [-0.1, -0.05) is 11.6 Å². The van der Waals surface area contributed by atoms with Crippen LogP contribution in [0.3, 0.4) is 0 Å². The van der Waals surface area contributed by atoms with Crippen molar-refractivity contribution in [3.05, 3.63) is 29.0 Å². The van der Waals surface area contributed by atoms with E-state index < -0.39 is 15.8 Å². The average Bonchev–Trinajstić information content (AvgIpc) is 2.82. The van der Waals surface area contributed by atoms with Gasteiger partial charge in [0.05, 0.1) is 9.92 Å². The first-order valence-corrected chi connectivity index (χ1v) is 7.86. The smallest absolute Gasteiger partial charge is 0.243 e. The first-order valence-electron chi connectivity index (χ1n) is 6.05. The number of rotatable bonds is 4. The Balaban J connectivity index is 2.21. The fraction of sp³-hybridized carbons (Fsp3) is 0.500. The first kappa shape index (κ1) is 14.7. The van der Waals surface area contributed by atoms with Crippen molar-refractivity contribution in [3.63, 3.8) is 0 Å². The van der Waals surface area contributed by atoms with Crippen molar-refractivity contribution in [2.24, 2.45) is 5.92 Å². The first-order chi connectivity index (χ1) is 8.95. The third-order valence-electron chi connectivity index (χ3n) is 3.27. The number of hydrogen-bond acceptors (Lipinski definition) is 3. The third-order valence-corrected chi connectivity index (χ3v) is 5.42. The van der Waals surface area contributed by atoms with Crippen molar-refractivity contribution in [3.8, 4) is 0 Å². The summed E-state index contributed by atoms with van der Waals surface area (Å²) in [6, 6.07) is 3.50. The van der Waals surface area contributed by atoms with Crippen LogP contribution in [-0.2, 0) is 10.0 Å². The van der Waals surface area contributed by atoms with Crippen molar-refractivity contribution < 1.29 is 12.8 Å². The van der Waals surface area contributed by atoms with Crippen molar-refractivity contribution in [2.75, 3.05) is 26.7 Å². The minimum Gasteiger partial charge on any atom is -0.319 e. The Morgan fingerprint density at radius 3 is 2.89 bits per heavy atom. The lowest BCUT2D eigenvalue weighted by Gasteiger charge is -2.16. The molecule has 1 atom stereocenters. The highest BCUT2D eigenvalue weighted by Crippen LogP contribution is 2.26. The standard InChI is InChI=1S/C12H16ClFN2O2S/c1-15-7-9-4-5-16(8-9)19(17,18)10-2-3-12(14)11(13)6-10/h2-3,6,9,15H,4-5,7-8H2,1H3/t9-/m0/s1. The molecule has 1 fully saturated rings. The van der Waals surface area contributed by atoms with Gasteiger partial charge in [-0.25, -0.2) is 12.8 Å². The molecule has 0 radical (unpaired) electrons. The molecular weight excluding hydrogens is 291 g/mol. The predicted molar refractivity (Wildman–Crippen MR) is 72.2 cm³/mol. The summed E-state index contributed by atoms with van der Waals surface area (Å²) in [5.41, 5.74) is 0. The van der Waals surface area contributed by atoms with Crippen LogP contribution in [0.5, 0.6) is 0 Å². The monoisotopic (exact) mass is 306 g/mol. The fourth-order valence-corrected chi connectivity index (χ4v) is 4.06. The number of hydrogen-bond donors (Lipinski definition) is 1. The number of benzene rings is 1. The van der Waals surface area contributed by atoms with Gasteiger partial charge in [0.25, 0.3) is 0 Å². The van der Waals surface area contributed by atoms with Crippen LogP contribution in [0.15, 0.2) is 23.1 Å². The second-order valence-electron chi connectivity index (χ2n) is 4.65. The van der Waals surface area contributed by atoms with Gasteiger partial charge in [-0.05, 0) is 44.1 Å². The summed E-state index contributed by atoms with van der Waals surface area (Å²) >= 11 is 5.64. The molecule has 0 bridgehead atoms. The molecule has 0 unspecified atom stereocenters. The van der Waals surface area contributed by atoms with Gasteiger partial charge in [0.15, 0.2) is 0 Å². The van der Waals surface area contributed by atoms with Gasteiger partial charge in [0.2, 0.25) is 10.0 Å². The minimum absolute atomic E-state index is 0.0454. The average molecular weight is 307 g/mol. The molecule has 106 valence electrons. The highest BCUT2D eigenvalue weighted by Gasteiger charge is 2.32. The van der Waals surface area contributed by atoms with E-state index in [-0.39, 0.29) is 9.92 Å². The van der Waals surface area contributed by atoms with Crippen LogP contribution in [0.1, 0.15) is 6.42 Å². The number of halogens is 2. The summed E-state index contributed by atoms with van der Waals surface area (Å²) in [6.07, 6.45) is 0.828. The van der Waals surface area contributed by atoms with Gasteiger partial charge in [-0.2, -0.15) is 4.31 Å². The molecule has 1 aromatic carbocycles. The molecule has 1 aromatic rings. The molecule has 4 nitrogen and oxygen atoms in total. The Labute approximate surface area is 117 Å². The number of sulfonamides is 1. The van der Waals surface area contributed by atoms with Crippen LogP contribution in [-0.4, -0.2) is 39.4 Å². The van der Waals surface area contributed by atoms with Crippen molar-refractivity contribution in [2.45, 2.75) is 11.3 Å². The maximum absolute atomic E-state index is 13.1. The number of nitrogens with one attached hydrogen (secondary N) is 1. The van der Waals surface area contributed by atoms with E-state index in [4.69, 9.17) is 11.6 Å². The molecule has 0 aromatic heterocycles. The van der Waals surface area contributed by atoms with Gasteiger partial charge < -0.3 is 5.32 Å². The van der Waals surface area contributed by atoms with Crippen molar-refractivity contribution >= 4 is 21.6 Å². The molecule has 2 rings (SSSR count). The van der Waals surface area contributed by atoms with Crippen LogP contribution >= 0.6 is 11.6 Å². The zero-order valence-corrected chi connectivity index (χ0v) is 12.1. The maximum Gasteiger partial charge on any atom is 0.243 e. The topological polar surface area (TPSA) is 49.4 Å². The second kappa shape index (κ2) is 5.75. The highest BCUT2D eigenvalue weighted by atomic mass is 35.5. The molecule has 1 heterocycles. The summed E-state index contributed by atoms with van der Waals surface area (Å²) in [7, 11) is -1.73. The van der Waals surface area contributed by atoms with E-state index in [0.29, 0.717) is 19.0 Å².